The van der Waals surface area contributed by atoms with E-state index in [0.717, 1.165) is 106 Å². The Morgan fingerprint density at radius 3 is 1.50 bits per heavy atom. The number of benzene rings is 7. The zero-order chi connectivity index (χ0) is 68.1. The fourth-order valence-electron chi connectivity index (χ4n) is 10.7. The van der Waals surface area contributed by atoms with Crippen LogP contribution in [0.5, 0.6) is 17.2 Å². The maximum Gasteiger partial charge on any atom is 0.356 e. The Morgan fingerprint density at radius 2 is 1.03 bits per heavy atom. The summed E-state index contributed by atoms with van der Waals surface area (Å²) < 4.78 is 38.9. The minimum atomic E-state index is -1.67. The van der Waals surface area contributed by atoms with Gasteiger partial charge in [0.05, 0.1) is 59.9 Å². The predicted molar refractivity (Wildman–Crippen MR) is 404 cm³/mol. The monoisotopic (exact) mass is 1420 g/mol. The number of hydrogen-bond acceptors (Lipinski definition) is 16. The Balaban J connectivity index is 0.000000326. The zero-order valence-electron chi connectivity index (χ0n) is 52.5. The lowest BCUT2D eigenvalue weighted by Crippen LogP contribution is -2.45. The van der Waals surface area contributed by atoms with E-state index in [1.807, 2.05) is 146 Å². The second kappa shape index (κ2) is 40.5. The van der Waals surface area contributed by atoms with Gasteiger partial charge in [-0.05, 0) is 113 Å². The van der Waals surface area contributed by atoms with Crippen LogP contribution in [0.15, 0.2) is 188 Å². The number of para-hydroxylation sites is 4. The molecule has 10 N–H and O–H groups in total. The van der Waals surface area contributed by atoms with Gasteiger partial charge in [-0.1, -0.05) is 122 Å². The van der Waals surface area contributed by atoms with Crippen molar-refractivity contribution in [1.82, 2.24) is 30.2 Å². The molecule has 21 nitrogen and oxygen atoms in total. The third kappa shape index (κ3) is 21.3. The lowest BCUT2D eigenvalue weighted by atomic mass is 9.90. The van der Waals surface area contributed by atoms with Gasteiger partial charge in [-0.25, -0.2) is 14.0 Å². The molecule has 5 aromatic heterocycles. The fraction of sp³-hybridized carbons (Fsp3) is 0.237. The number of esters is 3. The van der Waals surface area contributed by atoms with E-state index in [2.05, 4.69) is 68.5 Å². The van der Waals surface area contributed by atoms with Crippen molar-refractivity contribution in [2.75, 3.05) is 42.7 Å². The van der Waals surface area contributed by atoms with Crippen LogP contribution in [0.4, 0.5) is 0 Å². The highest BCUT2D eigenvalue weighted by atomic mass is 36.0. The van der Waals surface area contributed by atoms with Crippen molar-refractivity contribution >= 4 is 115 Å². The minimum absolute atomic E-state index is 0. The molecule has 1 aliphatic rings. The molecule has 0 saturated carbocycles. The molecule has 24 heteroatoms. The summed E-state index contributed by atoms with van der Waals surface area (Å²) >= 11 is 0. The summed E-state index contributed by atoms with van der Waals surface area (Å²) in [6.45, 7) is 0. The number of carboxylic acids is 1. The topological polar surface area (TPSA) is 318 Å². The number of carbonyl (C=O) groups excluding carboxylic acids is 4. The molecule has 4 atom stereocenters. The molecule has 100 heavy (non-hydrogen) atoms. The maximum atomic E-state index is 12.2. The number of nitrogens with one attached hydrogen (secondary N) is 5. The number of nitrogens with two attached hydrogens (primary N) is 2. The van der Waals surface area contributed by atoms with Gasteiger partial charge in [0.1, 0.15) is 47.4 Å². The first-order valence-corrected chi connectivity index (χ1v) is 32.2. The van der Waals surface area contributed by atoms with Gasteiger partial charge in [0.15, 0.2) is 0 Å². The van der Waals surface area contributed by atoms with Gasteiger partial charge >= 0.3 is 23.9 Å². The molecular formula is C76H90Cl2N8O13S. The normalized spacial score (nSPS) is 12.8. The number of H-pyrrole nitrogens is 4. The van der Waals surface area contributed by atoms with Crippen LogP contribution < -0.4 is 31.0 Å². The smallest absolute Gasteiger partial charge is 0.356 e. The third-order valence-corrected chi connectivity index (χ3v) is 15.4. The third-order valence-electron chi connectivity index (χ3n) is 15.4. The lowest BCUT2D eigenvalue weighted by molar-refractivity contribution is -0.143. The number of ether oxygens (including phenoxy) is 6. The number of aromatic amines is 4. The number of methoxy groups -OCH3 is 6. The molecule has 1 aliphatic heterocycles. The van der Waals surface area contributed by atoms with E-state index in [9.17, 15) is 24.0 Å². The molecule has 0 radical (unpaired) electrons. The Labute approximate surface area is 594 Å². The molecule has 0 fully saturated rings. The first-order chi connectivity index (χ1) is 45.9. The minimum Gasteiger partial charge on any atom is -0.497 e. The van der Waals surface area contributed by atoms with Crippen LogP contribution in [0.1, 0.15) is 92.0 Å². The van der Waals surface area contributed by atoms with Gasteiger partial charge in [-0.15, -0.1) is 0 Å². The highest BCUT2D eigenvalue weighted by Gasteiger charge is 2.34. The summed E-state index contributed by atoms with van der Waals surface area (Å²) in [5, 5.41) is 17.4. The van der Waals surface area contributed by atoms with Crippen LogP contribution in [0, 0.1) is 0 Å². The highest BCUT2D eigenvalue weighted by molar-refractivity contribution is 8.26. The van der Waals surface area contributed by atoms with Crippen molar-refractivity contribution in [3.8, 4) is 28.5 Å². The molecule has 0 amide bonds. The van der Waals surface area contributed by atoms with E-state index in [1.54, 1.807) is 51.7 Å². The number of hydrogen-bond donors (Lipinski definition) is 8. The molecule has 0 spiro atoms. The number of rotatable bonds is 14. The molecule has 1 unspecified atom stereocenters. The first kappa shape index (κ1) is 83.9. The van der Waals surface area contributed by atoms with E-state index in [-0.39, 0.29) is 66.8 Å². The second-order valence-electron chi connectivity index (χ2n) is 21.2. The van der Waals surface area contributed by atoms with Crippen molar-refractivity contribution in [3.63, 3.8) is 0 Å². The van der Waals surface area contributed by atoms with Crippen molar-refractivity contribution in [2.45, 2.75) is 80.6 Å². The van der Waals surface area contributed by atoms with Gasteiger partial charge in [0, 0.05) is 119 Å². The van der Waals surface area contributed by atoms with Crippen molar-refractivity contribution in [2.24, 2.45) is 11.5 Å². The Hall–Kier alpha value is -10.3. The Bertz CT molecular complexity index is 4590. The number of nitrogens with zero attached hydrogens (tertiary/aromatic N) is 1. The summed E-state index contributed by atoms with van der Waals surface area (Å²) in [7, 11) is 16.4. The van der Waals surface area contributed by atoms with Crippen LogP contribution in [0.3, 0.4) is 0 Å². The standard InChI is InChI=1S/C20H20N2O3.C20H16N2O3.C12H14N2O2.C11H12N2O2.C8H8O2.5CH4.Cl2OS/c2*1-24-13-9-7-12(8-10-13)18-19-15(11-17(22-18)20(23)25-2)14-5-3-4-6-16(14)21-19;1-16-12(15)10(13)6-8-7-14-11-5-3-2-4-9(8)11;12-9(11(14)15)5-7-6-13-10-4-2-1-3-8(7)10;1-10-8-4-2-7(6-9)3-5-8;;;;;;1-4(2)3/h3-10,17-18,21-22H,11H2,1-2H3;3-11,21H,1-2H3;2-5,7,10,14H,6,13H2,1H3;1-4,6,9,13H,5,12H2,(H,14,15);2-6H,1H3;5*1H4;/t17-,18?;;10-;9-;;;;;;;/m0.00......./s1. The van der Waals surface area contributed by atoms with E-state index < -0.39 is 33.2 Å². The van der Waals surface area contributed by atoms with E-state index in [4.69, 9.17) is 44.5 Å². The average molecular weight is 1430 g/mol. The predicted octanol–water partition coefficient (Wildman–Crippen LogP) is 15.2. The molecule has 6 heterocycles. The number of carboxylic acid groups (broad SMARTS) is 1. The SMILES string of the molecule is C.C.C.C.C.COC(=O)[C@@H](N)Cc1c[nH]c2ccccc12.COC(=O)[C@@H]1Cc2c([nH]c3ccccc23)C(c2ccc(OC)cc2)N1.COC(=O)c1cc2c([nH]c3ccccc32)c(-c2ccc(OC)cc2)n1.COc1ccc(C=O)cc1.N[C@@H](Cc1c[nH]c2ccccc12)C(=O)O.O=S(Cl)Cl. The molecule has 0 aliphatic carbocycles. The van der Waals surface area contributed by atoms with Crippen LogP contribution >= 0.6 is 21.4 Å². The molecule has 12 aromatic rings. The molecule has 0 saturated heterocycles. The van der Waals surface area contributed by atoms with Gasteiger partial charge in [-0.3, -0.25) is 24.5 Å². The number of aldehydes is 1. The molecule has 7 aromatic carbocycles. The van der Waals surface area contributed by atoms with E-state index in [0.29, 0.717) is 30.5 Å². The van der Waals surface area contributed by atoms with Crippen LogP contribution in [0.2, 0.25) is 0 Å². The lowest BCUT2D eigenvalue weighted by Gasteiger charge is -2.30. The van der Waals surface area contributed by atoms with E-state index >= 15 is 0 Å². The summed E-state index contributed by atoms with van der Waals surface area (Å²) in [6.07, 6.45) is 5.94. The number of fused-ring (bicyclic) bond motifs is 8. The number of aliphatic carboxylic acids is 1. The van der Waals surface area contributed by atoms with Crippen LogP contribution in [-0.4, -0.2) is 125 Å². The van der Waals surface area contributed by atoms with Gasteiger partial charge in [0.25, 0.3) is 0 Å². The number of aromatic nitrogens is 5. The van der Waals surface area contributed by atoms with Crippen molar-refractivity contribution in [1.29, 1.82) is 0 Å². The zero-order valence-corrected chi connectivity index (χ0v) is 54.8. The Morgan fingerprint density at radius 1 is 0.580 bits per heavy atom. The summed E-state index contributed by atoms with van der Waals surface area (Å²) in [5.74, 6) is 0.286. The first-order valence-electron chi connectivity index (χ1n) is 29.4. The van der Waals surface area contributed by atoms with Crippen molar-refractivity contribution < 1.29 is 61.7 Å². The molecule has 0 bridgehead atoms. The van der Waals surface area contributed by atoms with Crippen LogP contribution in [-0.2, 0) is 57.1 Å². The quantitative estimate of drug-likeness (QED) is 0.0217. The fourth-order valence-corrected chi connectivity index (χ4v) is 10.7. The second-order valence-corrected chi connectivity index (χ2v) is 23.7. The maximum absolute atomic E-state index is 12.2. The Kier molecular flexibility index (Phi) is 34.0. The van der Waals surface area contributed by atoms with Crippen LogP contribution in [0.25, 0.3) is 65.8 Å². The number of pyridine rings is 1. The highest BCUT2D eigenvalue weighted by Crippen LogP contribution is 2.37. The largest absolute Gasteiger partial charge is 0.497 e. The number of carbonyl (C=O) groups is 5. The van der Waals surface area contributed by atoms with E-state index in [1.165, 1.54) is 26.9 Å². The summed E-state index contributed by atoms with van der Waals surface area (Å²) in [6, 6.07) is 54.1. The van der Waals surface area contributed by atoms with Gasteiger partial charge in [-0.2, -0.15) is 0 Å². The average Bonchev–Trinajstić information content (AvgIpc) is 1.60. The summed E-state index contributed by atoms with van der Waals surface area (Å²) in [4.78, 5) is 74.0. The summed E-state index contributed by atoms with van der Waals surface area (Å²) in [5.41, 5.74) is 24.1. The number of halogens is 2. The molecule has 13 rings (SSSR count). The molecular weight excluding hydrogens is 1340 g/mol. The van der Waals surface area contributed by atoms with Gasteiger partial charge in [0.2, 0.25) is 9.23 Å². The molecule has 532 valence electrons. The van der Waals surface area contributed by atoms with Gasteiger partial charge < -0.3 is 64.9 Å². The van der Waals surface area contributed by atoms with Crippen molar-refractivity contribution in [3.05, 3.63) is 228 Å².